The first-order valence-corrected chi connectivity index (χ1v) is 7.14. The van der Waals surface area contributed by atoms with Crippen LogP contribution in [-0.2, 0) is 6.42 Å². The fourth-order valence-electron chi connectivity index (χ4n) is 2.48. The van der Waals surface area contributed by atoms with Gasteiger partial charge in [0.05, 0.1) is 5.38 Å². The van der Waals surface area contributed by atoms with Gasteiger partial charge in [0, 0.05) is 5.56 Å². The van der Waals surface area contributed by atoms with Gasteiger partial charge in [-0.3, -0.25) is 0 Å². The molecule has 0 aliphatic carbocycles. The lowest BCUT2D eigenvalue weighted by Gasteiger charge is -2.12. The van der Waals surface area contributed by atoms with E-state index in [2.05, 4.69) is 0 Å². The molecule has 0 saturated carbocycles. The number of halogens is 3. The second-order valence-electron chi connectivity index (χ2n) is 4.99. The Morgan fingerprint density at radius 1 is 0.810 bits per heavy atom. The average molecular weight is 303 g/mol. The number of fused-ring (bicyclic) bond motifs is 1. The van der Waals surface area contributed by atoms with Crippen LogP contribution >= 0.6 is 11.6 Å². The first-order chi connectivity index (χ1) is 10.1. The van der Waals surface area contributed by atoms with Crippen LogP contribution in [0.25, 0.3) is 10.8 Å². The largest absolute Gasteiger partial charge is 0.207 e. The maximum absolute atomic E-state index is 13.7. The van der Waals surface area contributed by atoms with Crippen LogP contribution in [0, 0.1) is 11.6 Å². The van der Waals surface area contributed by atoms with E-state index in [1.807, 2.05) is 42.5 Å². The van der Waals surface area contributed by atoms with Crippen LogP contribution in [0.5, 0.6) is 0 Å². The maximum atomic E-state index is 13.7. The lowest BCUT2D eigenvalue weighted by Crippen LogP contribution is -2.02. The Bertz CT molecular complexity index is 763. The summed E-state index contributed by atoms with van der Waals surface area (Å²) in [6, 6.07) is 17.7. The molecule has 21 heavy (non-hydrogen) atoms. The van der Waals surface area contributed by atoms with E-state index in [1.54, 1.807) is 0 Å². The topological polar surface area (TPSA) is 0 Å². The maximum Gasteiger partial charge on any atom is 0.130 e. The molecule has 0 saturated heterocycles. The van der Waals surface area contributed by atoms with Gasteiger partial charge in [-0.15, -0.1) is 11.6 Å². The van der Waals surface area contributed by atoms with E-state index in [4.69, 9.17) is 11.6 Å². The number of rotatable bonds is 3. The Hall–Kier alpha value is -1.93. The zero-order valence-corrected chi connectivity index (χ0v) is 11.9. The summed E-state index contributed by atoms with van der Waals surface area (Å²) in [5.41, 5.74) is 0.892. The predicted molar refractivity (Wildman–Crippen MR) is 82.6 cm³/mol. The fraction of sp³-hybridized carbons (Fsp3) is 0.111. The summed E-state index contributed by atoms with van der Waals surface area (Å²) in [6.45, 7) is 0. The first kappa shape index (κ1) is 14.0. The van der Waals surface area contributed by atoms with Crippen molar-refractivity contribution in [1.82, 2.24) is 0 Å². The molecule has 1 atom stereocenters. The van der Waals surface area contributed by atoms with Crippen LogP contribution < -0.4 is 0 Å². The lowest BCUT2D eigenvalue weighted by atomic mass is 10.00. The van der Waals surface area contributed by atoms with Crippen molar-refractivity contribution in [2.75, 3.05) is 0 Å². The quantitative estimate of drug-likeness (QED) is 0.549. The van der Waals surface area contributed by atoms with Gasteiger partial charge in [0.25, 0.3) is 0 Å². The highest BCUT2D eigenvalue weighted by Crippen LogP contribution is 2.30. The molecule has 0 heterocycles. The second-order valence-corrected chi connectivity index (χ2v) is 5.52. The third-order valence-corrected chi connectivity index (χ3v) is 3.91. The van der Waals surface area contributed by atoms with Gasteiger partial charge in [-0.05, 0) is 34.9 Å². The molecular weight excluding hydrogens is 290 g/mol. The van der Waals surface area contributed by atoms with Gasteiger partial charge in [0.2, 0.25) is 0 Å². The van der Waals surface area contributed by atoms with E-state index in [1.165, 1.54) is 18.2 Å². The standard InChI is InChI=1S/C18H13ClF2/c19-15(18-16(20)6-3-7-17(18)21)11-12-8-9-13-4-1-2-5-14(13)10-12/h1-10,15H,11H2. The molecule has 0 fully saturated rings. The molecule has 0 amide bonds. The van der Waals surface area contributed by atoms with E-state index >= 15 is 0 Å². The van der Waals surface area contributed by atoms with Crippen molar-refractivity contribution in [2.45, 2.75) is 11.8 Å². The Morgan fingerprint density at radius 3 is 2.19 bits per heavy atom. The van der Waals surface area contributed by atoms with E-state index in [9.17, 15) is 8.78 Å². The zero-order chi connectivity index (χ0) is 14.8. The SMILES string of the molecule is Fc1cccc(F)c1C(Cl)Cc1ccc2ccccc2c1. The number of hydrogen-bond donors (Lipinski definition) is 0. The predicted octanol–water partition coefficient (Wildman–Crippen LogP) is 5.64. The third kappa shape index (κ3) is 2.91. The van der Waals surface area contributed by atoms with Crippen molar-refractivity contribution >= 4 is 22.4 Å². The molecule has 0 spiro atoms. The summed E-state index contributed by atoms with van der Waals surface area (Å²) in [5, 5.41) is 1.49. The Labute approximate surface area is 127 Å². The monoisotopic (exact) mass is 302 g/mol. The van der Waals surface area contributed by atoms with Gasteiger partial charge in [-0.1, -0.05) is 48.5 Å². The summed E-state index contributed by atoms with van der Waals surface area (Å²) < 4.78 is 27.5. The summed E-state index contributed by atoms with van der Waals surface area (Å²) in [4.78, 5) is 0. The minimum absolute atomic E-state index is 0.0627. The second kappa shape index (κ2) is 5.82. The van der Waals surface area contributed by atoms with Gasteiger partial charge in [-0.25, -0.2) is 8.78 Å². The molecule has 0 aromatic heterocycles. The highest BCUT2D eigenvalue weighted by Gasteiger charge is 2.18. The van der Waals surface area contributed by atoms with Crippen molar-refractivity contribution in [3.05, 3.63) is 83.4 Å². The molecule has 0 bridgehead atoms. The average Bonchev–Trinajstić information content (AvgIpc) is 2.47. The molecule has 0 aliphatic rings. The molecule has 3 aromatic rings. The van der Waals surface area contributed by atoms with E-state index < -0.39 is 17.0 Å². The Balaban J connectivity index is 1.91. The van der Waals surface area contributed by atoms with Crippen molar-refractivity contribution in [2.24, 2.45) is 0 Å². The molecule has 106 valence electrons. The van der Waals surface area contributed by atoms with Gasteiger partial charge in [0.1, 0.15) is 11.6 Å². The van der Waals surface area contributed by atoms with Crippen molar-refractivity contribution in [3.8, 4) is 0 Å². The smallest absolute Gasteiger partial charge is 0.130 e. The molecule has 0 aliphatic heterocycles. The van der Waals surface area contributed by atoms with Crippen LogP contribution in [0.2, 0.25) is 0 Å². The van der Waals surface area contributed by atoms with Crippen molar-refractivity contribution in [3.63, 3.8) is 0 Å². The van der Waals surface area contributed by atoms with Crippen LogP contribution in [0.3, 0.4) is 0 Å². The van der Waals surface area contributed by atoms with Crippen LogP contribution in [-0.4, -0.2) is 0 Å². The normalized spacial score (nSPS) is 12.5. The summed E-state index contributed by atoms with van der Waals surface area (Å²) in [5.74, 6) is -1.20. The van der Waals surface area contributed by atoms with E-state index in [-0.39, 0.29) is 5.56 Å². The Kier molecular flexibility index (Phi) is 3.89. The number of benzene rings is 3. The minimum Gasteiger partial charge on any atom is -0.207 e. The Morgan fingerprint density at radius 2 is 1.48 bits per heavy atom. The van der Waals surface area contributed by atoms with Crippen molar-refractivity contribution < 1.29 is 8.78 Å². The third-order valence-electron chi connectivity index (χ3n) is 3.54. The fourth-order valence-corrected chi connectivity index (χ4v) is 2.87. The number of alkyl halides is 1. The van der Waals surface area contributed by atoms with Gasteiger partial charge >= 0.3 is 0 Å². The number of hydrogen-bond acceptors (Lipinski definition) is 0. The van der Waals surface area contributed by atoms with Crippen molar-refractivity contribution in [1.29, 1.82) is 0 Å². The summed E-state index contributed by atoms with van der Waals surface area (Å²) in [7, 11) is 0. The van der Waals surface area contributed by atoms with E-state index in [0.717, 1.165) is 16.3 Å². The summed E-state index contributed by atoms with van der Waals surface area (Å²) in [6.07, 6.45) is 0.379. The lowest BCUT2D eigenvalue weighted by molar-refractivity contribution is 0.551. The van der Waals surface area contributed by atoms with Crippen LogP contribution in [0.15, 0.2) is 60.7 Å². The van der Waals surface area contributed by atoms with Crippen LogP contribution in [0.4, 0.5) is 8.78 Å². The molecule has 0 N–H and O–H groups in total. The molecule has 3 rings (SSSR count). The van der Waals surface area contributed by atoms with E-state index in [0.29, 0.717) is 6.42 Å². The highest BCUT2D eigenvalue weighted by atomic mass is 35.5. The zero-order valence-electron chi connectivity index (χ0n) is 11.2. The van der Waals surface area contributed by atoms with Gasteiger partial charge in [0.15, 0.2) is 0 Å². The van der Waals surface area contributed by atoms with Gasteiger partial charge in [-0.2, -0.15) is 0 Å². The van der Waals surface area contributed by atoms with Gasteiger partial charge < -0.3 is 0 Å². The molecule has 0 nitrogen and oxygen atoms in total. The first-order valence-electron chi connectivity index (χ1n) is 6.71. The van der Waals surface area contributed by atoms with Crippen LogP contribution in [0.1, 0.15) is 16.5 Å². The molecule has 1 unspecified atom stereocenters. The molecular formula is C18H13ClF2. The minimum atomic E-state index is -0.729. The molecule has 0 radical (unpaired) electrons. The molecule has 3 aromatic carbocycles. The molecule has 3 heteroatoms. The summed E-state index contributed by atoms with van der Waals surface area (Å²) >= 11 is 6.22. The highest BCUT2D eigenvalue weighted by molar-refractivity contribution is 6.21.